The number of aliphatic hydroxyl groups excluding tert-OH is 8. The van der Waals surface area contributed by atoms with E-state index in [-0.39, 0.29) is 102 Å². The molecule has 0 bridgehead atoms. The van der Waals surface area contributed by atoms with E-state index in [1.54, 1.807) is 4.90 Å². The first-order valence-corrected chi connectivity index (χ1v) is 21.0. The van der Waals surface area contributed by atoms with Crippen LogP contribution in [-0.4, -0.2) is 214 Å². The number of carbonyl (C=O) groups excluding carboxylic acids is 4. The molecule has 2 aliphatic rings. The van der Waals surface area contributed by atoms with Gasteiger partial charge in [0.05, 0.1) is 39.5 Å². The van der Waals surface area contributed by atoms with Crippen molar-refractivity contribution >= 4 is 29.6 Å². The van der Waals surface area contributed by atoms with E-state index in [4.69, 9.17) is 24.1 Å². The lowest BCUT2D eigenvalue weighted by atomic mass is 9.99. The van der Waals surface area contributed by atoms with Gasteiger partial charge >= 0.3 is 5.97 Å². The van der Waals surface area contributed by atoms with Gasteiger partial charge in [0.2, 0.25) is 23.6 Å². The van der Waals surface area contributed by atoms with E-state index in [2.05, 4.69) is 21.3 Å². The lowest BCUT2D eigenvalue weighted by Gasteiger charge is -2.39. The first-order valence-electron chi connectivity index (χ1n) is 21.0. The predicted molar refractivity (Wildman–Crippen MR) is 211 cm³/mol. The van der Waals surface area contributed by atoms with Gasteiger partial charge in [-0.05, 0) is 44.9 Å². The normalized spacial score (nSPS) is 26.4. The number of carboxylic acids is 1. The van der Waals surface area contributed by atoms with E-state index in [1.807, 2.05) is 0 Å². The third-order valence-electron chi connectivity index (χ3n) is 10.0. The Bertz CT molecular complexity index is 1240. The zero-order valence-corrected chi connectivity index (χ0v) is 34.7. The van der Waals surface area contributed by atoms with Crippen molar-refractivity contribution in [3.05, 3.63) is 0 Å². The van der Waals surface area contributed by atoms with E-state index in [1.165, 1.54) is 0 Å². The molecule has 0 aromatic carbocycles. The van der Waals surface area contributed by atoms with Gasteiger partial charge in [-0.25, -0.2) is 0 Å². The lowest BCUT2D eigenvalue weighted by molar-refractivity contribution is -0.301. The molecule has 0 aliphatic carbocycles. The van der Waals surface area contributed by atoms with Crippen molar-refractivity contribution in [3.63, 3.8) is 0 Å². The molecule has 0 aromatic rings. The summed E-state index contributed by atoms with van der Waals surface area (Å²) in [5, 5.41) is 98.8. The molecule has 0 saturated carbocycles. The van der Waals surface area contributed by atoms with Crippen molar-refractivity contribution in [2.75, 3.05) is 72.2 Å². The Morgan fingerprint density at radius 2 is 0.951 bits per heavy atom. The largest absolute Gasteiger partial charge is 0.481 e. The van der Waals surface area contributed by atoms with Crippen LogP contribution in [0.2, 0.25) is 0 Å². The average molecular weight is 884 g/mol. The van der Waals surface area contributed by atoms with E-state index < -0.39 is 80.6 Å². The molecule has 0 unspecified atom stereocenters. The van der Waals surface area contributed by atoms with Crippen molar-refractivity contribution in [2.24, 2.45) is 0 Å². The topological polar surface area (TPSA) is 356 Å². The number of carbonyl (C=O) groups is 5. The monoisotopic (exact) mass is 883 g/mol. The summed E-state index contributed by atoms with van der Waals surface area (Å²) in [6.45, 7) is 0.135. The van der Waals surface area contributed by atoms with Gasteiger partial charge in [-0.1, -0.05) is 12.8 Å². The minimum Gasteiger partial charge on any atom is -0.481 e. The fourth-order valence-corrected chi connectivity index (χ4v) is 6.43. The van der Waals surface area contributed by atoms with Crippen molar-refractivity contribution in [1.29, 1.82) is 0 Å². The van der Waals surface area contributed by atoms with Crippen LogP contribution in [0, 0.1) is 0 Å². The third kappa shape index (κ3) is 21.2. The SMILES string of the molecule is O=C(O)CCCCCNC(=O)CNCC(=O)NCCCC(=O)NCCCCCC(=O)N(CCCO[C@H]1O[C@H](CO)[C@@H](O)[C@H](O)[C@@H]1O)CCCO[C@H]1O[C@H](CO)[C@@H](O)[C@H](O)[C@@H]1O. The fraction of sp³-hybridized carbons (Fsp3) is 0.868. The van der Waals surface area contributed by atoms with E-state index in [0.717, 1.165) is 0 Å². The number of aliphatic hydroxyl groups is 8. The summed E-state index contributed by atoms with van der Waals surface area (Å²) >= 11 is 0. The van der Waals surface area contributed by atoms with Crippen molar-refractivity contribution < 1.29 is 88.9 Å². The summed E-state index contributed by atoms with van der Waals surface area (Å²) in [6, 6.07) is 0. The van der Waals surface area contributed by atoms with Gasteiger partial charge < -0.3 is 85.8 Å². The average Bonchev–Trinajstić information content (AvgIpc) is 3.23. The molecule has 2 aliphatic heterocycles. The van der Waals surface area contributed by atoms with Crippen LogP contribution < -0.4 is 21.3 Å². The van der Waals surface area contributed by atoms with Gasteiger partial charge in [-0.2, -0.15) is 0 Å². The highest BCUT2D eigenvalue weighted by Gasteiger charge is 2.45. The minimum atomic E-state index is -1.60. The number of carboxylic acid groups (broad SMARTS) is 1. The van der Waals surface area contributed by atoms with Crippen LogP contribution >= 0.6 is 0 Å². The number of hydrogen-bond donors (Lipinski definition) is 13. The maximum absolute atomic E-state index is 13.3. The molecule has 10 atom stereocenters. The molecular formula is C38H69N5O18. The summed E-state index contributed by atoms with van der Waals surface area (Å²) in [5.74, 6) is -1.82. The molecule has 2 heterocycles. The Morgan fingerprint density at radius 1 is 0.508 bits per heavy atom. The Kier molecular flexibility index (Phi) is 27.3. The first-order chi connectivity index (χ1) is 29.2. The zero-order chi connectivity index (χ0) is 45.2. The van der Waals surface area contributed by atoms with Crippen LogP contribution in [0.1, 0.15) is 77.0 Å². The molecule has 2 saturated heterocycles. The molecule has 2 rings (SSSR count). The highest BCUT2D eigenvalue weighted by molar-refractivity contribution is 5.81. The smallest absolute Gasteiger partial charge is 0.303 e. The predicted octanol–water partition coefficient (Wildman–Crippen LogP) is -4.85. The Hall–Kier alpha value is -3.17. The van der Waals surface area contributed by atoms with Crippen LogP contribution in [0.25, 0.3) is 0 Å². The highest BCUT2D eigenvalue weighted by Crippen LogP contribution is 2.23. The first kappa shape index (κ1) is 54.0. The highest BCUT2D eigenvalue weighted by atomic mass is 16.7. The van der Waals surface area contributed by atoms with Gasteiger partial charge in [-0.15, -0.1) is 0 Å². The van der Waals surface area contributed by atoms with Gasteiger partial charge in [0.25, 0.3) is 0 Å². The standard InChI is InChI=1S/C38H69N5O18/c44-22-24-31(52)33(54)35(56)37(60-24)58-18-8-16-43(17-9-19-59-38-36(57)34(55)32(53)25(23-45)61-38)29(49)11-3-1-5-13-40-26(46)10-7-15-42-28(48)21-39-20-27(47)41-14-6-2-4-12-30(50)51/h24-25,31-39,44-45,52-57H,1-23H2,(H,40,46)(H,41,47)(H,42,48)(H,50,51)/t24-,25-,31-,32-,33+,34+,35+,36+,37+,38+/m1/s1. The summed E-state index contributed by atoms with van der Waals surface area (Å²) in [4.78, 5) is 61.4. The quantitative estimate of drug-likeness (QED) is 0.0282. The van der Waals surface area contributed by atoms with Crippen LogP contribution in [0.3, 0.4) is 0 Å². The van der Waals surface area contributed by atoms with Crippen LogP contribution in [0.5, 0.6) is 0 Å². The Labute approximate surface area is 355 Å². The Morgan fingerprint density at radius 3 is 1.41 bits per heavy atom. The molecule has 0 spiro atoms. The van der Waals surface area contributed by atoms with Crippen LogP contribution in [-0.2, 0) is 42.9 Å². The number of unbranched alkanes of at least 4 members (excludes halogenated alkanes) is 4. The van der Waals surface area contributed by atoms with E-state index in [9.17, 15) is 64.8 Å². The Balaban J connectivity index is 1.66. The van der Waals surface area contributed by atoms with Crippen molar-refractivity contribution in [3.8, 4) is 0 Å². The van der Waals surface area contributed by atoms with Gasteiger partial charge in [0.15, 0.2) is 12.6 Å². The molecule has 0 radical (unpaired) electrons. The van der Waals surface area contributed by atoms with Gasteiger partial charge in [-0.3, -0.25) is 29.3 Å². The molecule has 23 nitrogen and oxygen atoms in total. The fourth-order valence-electron chi connectivity index (χ4n) is 6.43. The number of amides is 4. The second-order valence-electron chi connectivity index (χ2n) is 15.0. The van der Waals surface area contributed by atoms with Crippen LogP contribution in [0.15, 0.2) is 0 Å². The lowest BCUT2D eigenvalue weighted by Crippen LogP contribution is -2.59. The van der Waals surface area contributed by atoms with Crippen LogP contribution in [0.4, 0.5) is 0 Å². The summed E-state index contributed by atoms with van der Waals surface area (Å²) in [7, 11) is 0. The van der Waals surface area contributed by atoms with Gasteiger partial charge in [0.1, 0.15) is 48.8 Å². The second kappa shape index (κ2) is 30.8. The number of ether oxygens (including phenoxy) is 4. The molecule has 354 valence electrons. The summed E-state index contributed by atoms with van der Waals surface area (Å²) in [6.07, 6.45) is -9.24. The molecule has 4 amide bonds. The van der Waals surface area contributed by atoms with Gasteiger partial charge in [0, 0.05) is 52.0 Å². The number of nitrogens with zero attached hydrogens (tertiary/aromatic N) is 1. The molecule has 13 N–H and O–H groups in total. The second-order valence-corrected chi connectivity index (χ2v) is 15.0. The molecule has 61 heavy (non-hydrogen) atoms. The molecule has 0 aromatic heterocycles. The van der Waals surface area contributed by atoms with E-state index >= 15 is 0 Å². The van der Waals surface area contributed by atoms with Crippen molar-refractivity contribution in [1.82, 2.24) is 26.2 Å². The molecular weight excluding hydrogens is 814 g/mol. The number of aliphatic carboxylic acids is 1. The molecule has 23 heteroatoms. The molecule has 2 fully saturated rings. The maximum atomic E-state index is 13.3. The number of rotatable bonds is 32. The number of hydrogen-bond acceptors (Lipinski definition) is 18. The van der Waals surface area contributed by atoms with E-state index in [0.29, 0.717) is 58.0 Å². The zero-order valence-electron chi connectivity index (χ0n) is 34.7. The minimum absolute atomic E-state index is 0.0149. The third-order valence-corrected chi connectivity index (χ3v) is 10.0. The summed E-state index contributed by atoms with van der Waals surface area (Å²) < 4.78 is 21.8. The summed E-state index contributed by atoms with van der Waals surface area (Å²) in [5.41, 5.74) is 0. The number of nitrogens with one attached hydrogen (secondary N) is 4. The maximum Gasteiger partial charge on any atom is 0.303 e. The van der Waals surface area contributed by atoms with Crippen molar-refractivity contribution in [2.45, 2.75) is 138 Å².